The van der Waals surface area contributed by atoms with Gasteiger partial charge in [-0.1, -0.05) is 6.42 Å². The summed E-state index contributed by atoms with van der Waals surface area (Å²) in [5.74, 6) is -0.234. The molecule has 1 saturated carbocycles. The molecule has 130 valence electrons. The molecule has 1 aromatic rings. The lowest BCUT2D eigenvalue weighted by atomic mass is 10.1. The molecule has 1 amide bonds. The van der Waals surface area contributed by atoms with Crippen LogP contribution in [0.5, 0.6) is 0 Å². The van der Waals surface area contributed by atoms with Crippen LogP contribution in [0.15, 0.2) is 18.2 Å². The second-order valence-electron chi connectivity index (χ2n) is 6.62. The Bertz CT molecular complexity index is 628. The van der Waals surface area contributed by atoms with E-state index in [1.165, 1.54) is 12.1 Å². The first-order valence-electron chi connectivity index (χ1n) is 8.56. The summed E-state index contributed by atoms with van der Waals surface area (Å²) in [6.45, 7) is 2.13. The highest BCUT2D eigenvalue weighted by Gasteiger charge is 2.27. The normalized spacial score (nSPS) is 23.5. The molecule has 7 heteroatoms. The predicted molar refractivity (Wildman–Crippen MR) is 90.2 cm³/mol. The average Bonchev–Trinajstić information content (AvgIpc) is 3.23. The summed E-state index contributed by atoms with van der Waals surface area (Å²) in [4.78, 5) is 25.3. The second-order valence-corrected chi connectivity index (χ2v) is 6.62. The summed E-state index contributed by atoms with van der Waals surface area (Å²) >= 11 is 0. The lowest BCUT2D eigenvalue weighted by Gasteiger charge is -2.21. The monoisotopic (exact) mass is 333 g/mol. The summed E-state index contributed by atoms with van der Waals surface area (Å²) in [7, 11) is 0. The third-order valence-corrected chi connectivity index (χ3v) is 5.03. The lowest BCUT2D eigenvalue weighted by molar-refractivity contribution is -0.384. The number of carbonyl (C=O) groups is 1. The van der Waals surface area contributed by atoms with Crippen molar-refractivity contribution in [2.45, 2.75) is 38.2 Å². The molecule has 1 saturated heterocycles. The maximum Gasteiger partial charge on any atom is 0.270 e. The highest BCUT2D eigenvalue weighted by atomic mass is 16.6. The first-order valence-corrected chi connectivity index (χ1v) is 8.56. The summed E-state index contributed by atoms with van der Waals surface area (Å²) in [6.07, 6.45) is 4.40. The number of nitrogens with one attached hydrogen (secondary N) is 1. The number of nitro groups is 1. The van der Waals surface area contributed by atoms with Gasteiger partial charge in [-0.05, 0) is 31.7 Å². The molecule has 7 nitrogen and oxygen atoms in total. The Morgan fingerprint density at radius 2 is 2.04 bits per heavy atom. The smallest absolute Gasteiger partial charge is 0.270 e. The van der Waals surface area contributed by atoms with Gasteiger partial charge in [0.25, 0.3) is 11.6 Å². The zero-order valence-corrected chi connectivity index (χ0v) is 13.6. The van der Waals surface area contributed by atoms with Crippen molar-refractivity contribution < 1.29 is 14.8 Å². The van der Waals surface area contributed by atoms with Crippen LogP contribution < -0.4 is 10.2 Å². The topological polar surface area (TPSA) is 95.7 Å². The van der Waals surface area contributed by atoms with Crippen molar-refractivity contribution in [1.82, 2.24) is 5.32 Å². The van der Waals surface area contributed by atoms with Gasteiger partial charge in [0.2, 0.25) is 0 Å². The third kappa shape index (κ3) is 3.51. The Hall–Kier alpha value is -2.15. The van der Waals surface area contributed by atoms with E-state index in [0.717, 1.165) is 50.9 Å². The minimum atomic E-state index is -0.481. The molecule has 2 N–H and O–H groups in total. The zero-order chi connectivity index (χ0) is 17.1. The van der Waals surface area contributed by atoms with Crippen molar-refractivity contribution >= 4 is 17.3 Å². The zero-order valence-electron chi connectivity index (χ0n) is 13.6. The van der Waals surface area contributed by atoms with Gasteiger partial charge >= 0.3 is 0 Å². The van der Waals surface area contributed by atoms with E-state index in [-0.39, 0.29) is 23.6 Å². The number of nitrogens with zero attached hydrogens (tertiary/aromatic N) is 2. The van der Waals surface area contributed by atoms with Crippen LogP contribution in [-0.2, 0) is 0 Å². The van der Waals surface area contributed by atoms with Gasteiger partial charge in [-0.25, -0.2) is 0 Å². The average molecular weight is 333 g/mol. The Balaban J connectivity index is 1.78. The Labute approximate surface area is 140 Å². The quantitative estimate of drug-likeness (QED) is 0.635. The maximum absolute atomic E-state index is 12.6. The van der Waals surface area contributed by atoms with E-state index in [9.17, 15) is 20.0 Å². The number of rotatable bonds is 5. The van der Waals surface area contributed by atoms with Crippen molar-refractivity contribution in [2.24, 2.45) is 5.92 Å². The fraction of sp³-hybridized carbons (Fsp3) is 0.588. The molecular weight excluding hydrogens is 310 g/mol. The predicted octanol–water partition coefficient (Wildman–Crippen LogP) is 2.09. The number of anilines is 1. The van der Waals surface area contributed by atoms with Gasteiger partial charge in [-0.2, -0.15) is 0 Å². The van der Waals surface area contributed by atoms with Crippen molar-refractivity contribution in [3.8, 4) is 0 Å². The molecule has 1 aliphatic carbocycles. The molecular formula is C17H23N3O4. The van der Waals surface area contributed by atoms with Crippen LogP contribution in [0, 0.1) is 16.0 Å². The van der Waals surface area contributed by atoms with Crippen molar-refractivity contribution in [3.63, 3.8) is 0 Å². The van der Waals surface area contributed by atoms with Gasteiger partial charge in [0, 0.05) is 37.7 Å². The van der Waals surface area contributed by atoms with Crippen LogP contribution in [0.2, 0.25) is 0 Å². The lowest BCUT2D eigenvalue weighted by Crippen LogP contribution is -2.33. The van der Waals surface area contributed by atoms with Crippen molar-refractivity contribution in [1.29, 1.82) is 0 Å². The molecule has 24 heavy (non-hydrogen) atoms. The molecule has 2 unspecified atom stereocenters. The largest absolute Gasteiger partial charge is 0.393 e. The summed E-state index contributed by atoms with van der Waals surface area (Å²) in [6, 6.07) is 4.47. The van der Waals surface area contributed by atoms with Gasteiger partial charge < -0.3 is 15.3 Å². The second kappa shape index (κ2) is 7.17. The number of carbonyl (C=O) groups excluding carboxylic acids is 1. The number of hydrogen-bond acceptors (Lipinski definition) is 5. The molecule has 1 aliphatic heterocycles. The molecule has 0 radical (unpaired) electrons. The van der Waals surface area contributed by atoms with Gasteiger partial charge in [0.1, 0.15) is 0 Å². The van der Waals surface area contributed by atoms with Crippen LogP contribution in [0.1, 0.15) is 42.5 Å². The molecule has 2 atom stereocenters. The van der Waals surface area contributed by atoms with E-state index < -0.39 is 4.92 Å². The Morgan fingerprint density at radius 3 is 2.67 bits per heavy atom. The Morgan fingerprint density at radius 1 is 1.29 bits per heavy atom. The number of aliphatic hydroxyl groups is 1. The Kier molecular flexibility index (Phi) is 4.99. The number of benzene rings is 1. The molecule has 0 spiro atoms. The van der Waals surface area contributed by atoms with Crippen LogP contribution >= 0.6 is 0 Å². The van der Waals surface area contributed by atoms with E-state index in [0.29, 0.717) is 12.1 Å². The molecule has 3 rings (SSSR count). The van der Waals surface area contributed by atoms with Crippen molar-refractivity contribution in [2.75, 3.05) is 24.5 Å². The van der Waals surface area contributed by atoms with Gasteiger partial charge in [0.05, 0.1) is 22.3 Å². The van der Waals surface area contributed by atoms with E-state index >= 15 is 0 Å². The van der Waals surface area contributed by atoms with Gasteiger partial charge in [-0.3, -0.25) is 14.9 Å². The van der Waals surface area contributed by atoms with Gasteiger partial charge in [-0.15, -0.1) is 0 Å². The first-order chi connectivity index (χ1) is 11.6. The fourth-order valence-electron chi connectivity index (χ4n) is 3.63. The number of nitro benzene ring substituents is 1. The van der Waals surface area contributed by atoms with Crippen LogP contribution in [0.3, 0.4) is 0 Å². The van der Waals surface area contributed by atoms with Crippen LogP contribution in [-0.4, -0.2) is 41.7 Å². The summed E-state index contributed by atoms with van der Waals surface area (Å²) in [5, 5.41) is 23.8. The molecule has 2 aliphatic rings. The number of aliphatic hydroxyl groups excluding tert-OH is 1. The molecule has 0 bridgehead atoms. The summed E-state index contributed by atoms with van der Waals surface area (Å²) < 4.78 is 0. The third-order valence-electron chi connectivity index (χ3n) is 5.03. The highest BCUT2D eigenvalue weighted by Crippen LogP contribution is 2.29. The van der Waals surface area contributed by atoms with Crippen molar-refractivity contribution in [3.05, 3.63) is 33.9 Å². The SMILES string of the molecule is O=C(NCC1CCCC1O)c1cc([N+](=O)[O-])ccc1N1CCCC1. The minimum Gasteiger partial charge on any atom is -0.393 e. The highest BCUT2D eigenvalue weighted by molar-refractivity contribution is 6.00. The number of amides is 1. The van der Waals surface area contributed by atoms with E-state index in [1.54, 1.807) is 6.07 Å². The molecule has 2 fully saturated rings. The fourth-order valence-corrected chi connectivity index (χ4v) is 3.63. The van der Waals surface area contributed by atoms with E-state index in [2.05, 4.69) is 10.2 Å². The summed E-state index contributed by atoms with van der Waals surface area (Å²) in [5.41, 5.74) is 1.02. The van der Waals surface area contributed by atoms with E-state index in [4.69, 9.17) is 0 Å². The number of hydrogen-bond donors (Lipinski definition) is 2. The minimum absolute atomic E-state index is 0.0721. The maximum atomic E-state index is 12.6. The number of non-ortho nitro benzene ring substituents is 1. The molecule has 1 aromatic carbocycles. The first kappa shape index (κ1) is 16.7. The molecule has 1 heterocycles. The van der Waals surface area contributed by atoms with Crippen LogP contribution in [0.25, 0.3) is 0 Å². The molecule has 0 aromatic heterocycles. The van der Waals surface area contributed by atoms with Crippen LogP contribution in [0.4, 0.5) is 11.4 Å². The van der Waals surface area contributed by atoms with E-state index in [1.807, 2.05) is 0 Å². The van der Waals surface area contributed by atoms with Gasteiger partial charge in [0.15, 0.2) is 0 Å². The standard InChI is InChI=1S/C17H23N3O4/c21-16-5-3-4-12(16)11-18-17(22)14-10-13(20(23)24)6-7-15(14)19-8-1-2-9-19/h6-7,10,12,16,21H,1-5,8-9,11H2,(H,18,22).